The number of nitrogens with zero attached hydrogens (tertiary/aromatic N) is 1. The number of aromatic nitrogens is 2. The monoisotopic (exact) mass is 315 g/mol. The minimum atomic E-state index is -0.00758. The highest BCUT2D eigenvalue weighted by molar-refractivity contribution is 5.90. The molecule has 0 fully saturated rings. The largest absolute Gasteiger partial charge is 0.349 e. The van der Waals surface area contributed by atoms with E-state index in [-0.39, 0.29) is 5.91 Å². The Morgan fingerprint density at radius 2 is 1.75 bits per heavy atom. The molecule has 0 spiro atoms. The number of hydrogen-bond acceptors (Lipinski definition) is 2. The number of carbonyl (C=O) groups excluding carboxylic acids is 1. The number of nitrogens with one attached hydrogen (secondary N) is 2. The number of aromatic amines is 1. The maximum atomic E-state index is 12.3. The summed E-state index contributed by atoms with van der Waals surface area (Å²) in [6.07, 6.45) is 0.363. The highest BCUT2D eigenvalue weighted by Gasteiger charge is 2.08. The Hall–Kier alpha value is -3.14. The average Bonchev–Trinajstić information content (AvgIpc) is 3.03. The zero-order chi connectivity index (χ0) is 16.4. The summed E-state index contributed by atoms with van der Waals surface area (Å²) in [6, 6.07) is 22.0. The van der Waals surface area contributed by atoms with Crippen molar-refractivity contribution < 1.29 is 4.79 Å². The molecule has 3 aromatic carbocycles. The first-order valence-electron chi connectivity index (χ1n) is 7.96. The number of rotatable bonds is 4. The second-order valence-electron chi connectivity index (χ2n) is 5.79. The summed E-state index contributed by atoms with van der Waals surface area (Å²) < 4.78 is 0. The van der Waals surface area contributed by atoms with E-state index in [4.69, 9.17) is 0 Å². The van der Waals surface area contributed by atoms with E-state index >= 15 is 0 Å². The number of H-pyrrole nitrogens is 1. The topological polar surface area (TPSA) is 57.8 Å². The minimum Gasteiger partial charge on any atom is -0.349 e. The molecular formula is C20H17N3O. The molecule has 2 N–H and O–H groups in total. The van der Waals surface area contributed by atoms with Crippen LogP contribution >= 0.6 is 0 Å². The Bertz CT molecular complexity index is 981. The van der Waals surface area contributed by atoms with Crippen LogP contribution in [0.4, 0.5) is 0 Å². The first-order chi connectivity index (χ1) is 11.8. The lowest BCUT2D eigenvalue weighted by atomic mass is 10.0. The zero-order valence-corrected chi connectivity index (χ0v) is 13.1. The van der Waals surface area contributed by atoms with E-state index in [1.165, 1.54) is 0 Å². The molecule has 1 amide bonds. The number of hydrogen-bond donors (Lipinski definition) is 2. The fourth-order valence-corrected chi connectivity index (χ4v) is 2.95. The Kier molecular flexibility index (Phi) is 3.71. The normalized spacial score (nSPS) is 11.0. The molecular weight excluding hydrogens is 298 g/mol. The molecule has 0 atom stereocenters. The summed E-state index contributed by atoms with van der Waals surface area (Å²) in [4.78, 5) is 20.0. The van der Waals surface area contributed by atoms with Crippen LogP contribution in [0.3, 0.4) is 0 Å². The van der Waals surface area contributed by atoms with Crippen LogP contribution in [-0.2, 0) is 17.8 Å². The Morgan fingerprint density at radius 3 is 2.67 bits per heavy atom. The number of carbonyl (C=O) groups is 1. The van der Waals surface area contributed by atoms with Crippen molar-refractivity contribution in [3.05, 3.63) is 78.1 Å². The van der Waals surface area contributed by atoms with Gasteiger partial charge in [0.05, 0.1) is 24.0 Å². The van der Waals surface area contributed by atoms with Gasteiger partial charge in [0.25, 0.3) is 0 Å². The number of amides is 1. The van der Waals surface area contributed by atoms with Crippen LogP contribution in [0, 0.1) is 0 Å². The van der Waals surface area contributed by atoms with E-state index < -0.39 is 0 Å². The molecule has 4 rings (SSSR count). The zero-order valence-electron chi connectivity index (χ0n) is 13.1. The van der Waals surface area contributed by atoms with Gasteiger partial charge in [-0.1, -0.05) is 54.6 Å². The van der Waals surface area contributed by atoms with Crippen LogP contribution < -0.4 is 5.32 Å². The molecule has 24 heavy (non-hydrogen) atoms. The van der Waals surface area contributed by atoms with Gasteiger partial charge in [-0.25, -0.2) is 4.98 Å². The molecule has 0 unspecified atom stereocenters. The molecule has 4 nitrogen and oxygen atoms in total. The lowest BCUT2D eigenvalue weighted by molar-refractivity contribution is -0.120. The summed E-state index contributed by atoms with van der Waals surface area (Å²) in [5.74, 6) is 0.759. The minimum absolute atomic E-state index is 0.00758. The summed E-state index contributed by atoms with van der Waals surface area (Å²) >= 11 is 0. The van der Waals surface area contributed by atoms with Crippen LogP contribution in [0.15, 0.2) is 66.7 Å². The predicted molar refractivity (Wildman–Crippen MR) is 95.6 cm³/mol. The lowest BCUT2D eigenvalue weighted by Crippen LogP contribution is -2.25. The highest BCUT2D eigenvalue weighted by atomic mass is 16.1. The smallest absolute Gasteiger partial charge is 0.224 e. The molecule has 0 aliphatic carbocycles. The fourth-order valence-electron chi connectivity index (χ4n) is 2.95. The third kappa shape index (κ3) is 2.86. The van der Waals surface area contributed by atoms with E-state index in [0.717, 1.165) is 33.2 Å². The van der Waals surface area contributed by atoms with Gasteiger partial charge in [0, 0.05) is 0 Å². The second kappa shape index (κ2) is 6.16. The standard InChI is InChI=1S/C20H17N3O/c24-20(12-15-8-5-7-14-6-1-2-9-16(14)15)21-13-19-22-17-10-3-4-11-18(17)23-19/h1-11H,12-13H2,(H,21,24)(H,22,23). The van der Waals surface area contributed by atoms with Gasteiger partial charge in [0.1, 0.15) is 5.82 Å². The number of benzene rings is 3. The van der Waals surface area contributed by atoms with Gasteiger partial charge in [-0.15, -0.1) is 0 Å². The van der Waals surface area contributed by atoms with Crippen LogP contribution in [0.1, 0.15) is 11.4 Å². The van der Waals surface area contributed by atoms with Gasteiger partial charge < -0.3 is 10.3 Å². The molecule has 0 aliphatic rings. The van der Waals surface area contributed by atoms with Crippen molar-refractivity contribution in [2.75, 3.05) is 0 Å². The van der Waals surface area contributed by atoms with Crippen LogP contribution in [0.25, 0.3) is 21.8 Å². The van der Waals surface area contributed by atoms with Gasteiger partial charge in [-0.3, -0.25) is 4.79 Å². The van der Waals surface area contributed by atoms with Gasteiger partial charge in [-0.05, 0) is 28.5 Å². The molecule has 4 heteroatoms. The summed E-state index contributed by atoms with van der Waals surface area (Å²) in [6.45, 7) is 0.401. The van der Waals surface area contributed by atoms with Crippen LogP contribution in [-0.4, -0.2) is 15.9 Å². The van der Waals surface area contributed by atoms with Gasteiger partial charge >= 0.3 is 0 Å². The maximum Gasteiger partial charge on any atom is 0.224 e. The quantitative estimate of drug-likeness (QED) is 0.605. The lowest BCUT2D eigenvalue weighted by Gasteiger charge is -2.07. The van der Waals surface area contributed by atoms with E-state index in [1.54, 1.807) is 0 Å². The van der Waals surface area contributed by atoms with Crippen LogP contribution in [0.5, 0.6) is 0 Å². The van der Waals surface area contributed by atoms with E-state index in [1.807, 2.05) is 48.5 Å². The molecule has 4 aromatic rings. The highest BCUT2D eigenvalue weighted by Crippen LogP contribution is 2.19. The number of para-hydroxylation sites is 2. The molecule has 0 saturated heterocycles. The van der Waals surface area contributed by atoms with Gasteiger partial charge in [0.2, 0.25) is 5.91 Å². The second-order valence-corrected chi connectivity index (χ2v) is 5.79. The summed E-state index contributed by atoms with van der Waals surface area (Å²) in [5.41, 5.74) is 2.93. The van der Waals surface area contributed by atoms with Crippen molar-refractivity contribution in [3.8, 4) is 0 Å². The molecule has 118 valence electrons. The Balaban J connectivity index is 1.46. The first-order valence-corrected chi connectivity index (χ1v) is 7.96. The van der Waals surface area contributed by atoms with E-state index in [2.05, 4.69) is 33.5 Å². The number of fused-ring (bicyclic) bond motifs is 2. The van der Waals surface area contributed by atoms with Gasteiger partial charge in [-0.2, -0.15) is 0 Å². The van der Waals surface area contributed by atoms with Crippen molar-refractivity contribution in [2.45, 2.75) is 13.0 Å². The summed E-state index contributed by atoms with van der Waals surface area (Å²) in [5, 5.41) is 5.22. The van der Waals surface area contributed by atoms with E-state index in [9.17, 15) is 4.79 Å². The summed E-state index contributed by atoms with van der Waals surface area (Å²) in [7, 11) is 0. The van der Waals surface area contributed by atoms with Crippen molar-refractivity contribution in [2.24, 2.45) is 0 Å². The molecule has 0 aliphatic heterocycles. The van der Waals surface area contributed by atoms with E-state index in [0.29, 0.717) is 13.0 Å². The molecule has 1 aromatic heterocycles. The van der Waals surface area contributed by atoms with Gasteiger partial charge in [0.15, 0.2) is 0 Å². The predicted octanol–water partition coefficient (Wildman–Crippen LogP) is 3.58. The van der Waals surface area contributed by atoms with Crippen molar-refractivity contribution in [1.82, 2.24) is 15.3 Å². The van der Waals surface area contributed by atoms with Crippen molar-refractivity contribution in [3.63, 3.8) is 0 Å². The maximum absolute atomic E-state index is 12.3. The fraction of sp³-hybridized carbons (Fsp3) is 0.100. The average molecular weight is 315 g/mol. The molecule has 1 heterocycles. The van der Waals surface area contributed by atoms with Crippen molar-refractivity contribution >= 4 is 27.7 Å². The SMILES string of the molecule is O=C(Cc1cccc2ccccc12)NCc1nc2ccccc2[nH]1. The van der Waals surface area contributed by atoms with Crippen molar-refractivity contribution in [1.29, 1.82) is 0 Å². The Morgan fingerprint density at radius 1 is 0.958 bits per heavy atom. The van der Waals surface area contributed by atoms with Crippen LogP contribution in [0.2, 0.25) is 0 Å². The Labute approximate surface area is 139 Å². The third-order valence-corrected chi connectivity index (χ3v) is 4.12. The molecule has 0 radical (unpaired) electrons. The third-order valence-electron chi connectivity index (χ3n) is 4.12. The first kappa shape index (κ1) is 14.5. The molecule has 0 bridgehead atoms. The molecule has 0 saturated carbocycles. The number of imidazole rings is 1.